The van der Waals surface area contributed by atoms with Gasteiger partial charge in [0, 0.05) is 25.2 Å². The summed E-state index contributed by atoms with van der Waals surface area (Å²) < 4.78 is 10.4. The molecule has 1 aliphatic heterocycles. The van der Waals surface area contributed by atoms with Gasteiger partial charge in [-0.25, -0.2) is 0 Å². The van der Waals surface area contributed by atoms with Crippen LogP contribution in [-0.2, 0) is 9.53 Å². The summed E-state index contributed by atoms with van der Waals surface area (Å²) in [4.78, 5) is 34.5. The van der Waals surface area contributed by atoms with Crippen LogP contribution in [0.3, 0.4) is 0 Å². The lowest BCUT2D eigenvalue weighted by atomic mass is 10.2. The van der Waals surface area contributed by atoms with Crippen LogP contribution in [0.5, 0.6) is 5.75 Å². The third-order valence-electron chi connectivity index (χ3n) is 3.05. The van der Waals surface area contributed by atoms with Crippen molar-refractivity contribution >= 4 is 17.9 Å². The molecule has 0 atom stereocenters. The van der Waals surface area contributed by atoms with Crippen molar-refractivity contribution in [3.63, 3.8) is 0 Å². The summed E-state index contributed by atoms with van der Waals surface area (Å²) in [6.45, 7) is 1.76. The first-order chi connectivity index (χ1) is 10.1. The molecule has 0 bridgehead atoms. The van der Waals surface area contributed by atoms with Crippen LogP contribution in [-0.4, -0.2) is 54.9 Å². The summed E-state index contributed by atoms with van der Waals surface area (Å²) in [5.74, 6) is -0.0642. The van der Waals surface area contributed by atoms with Gasteiger partial charge in [0.05, 0.1) is 23.7 Å². The Morgan fingerprint density at radius 3 is 2.76 bits per heavy atom. The molecule has 1 aromatic carbocycles. The summed E-state index contributed by atoms with van der Waals surface area (Å²) in [5.41, 5.74) is -0.164. The van der Waals surface area contributed by atoms with E-state index < -0.39 is 4.92 Å². The van der Waals surface area contributed by atoms with Gasteiger partial charge in [0.15, 0.2) is 12.9 Å². The zero-order valence-electron chi connectivity index (χ0n) is 11.2. The Balaban J connectivity index is 2.00. The van der Waals surface area contributed by atoms with Crippen LogP contribution in [0, 0.1) is 10.1 Å². The number of ether oxygens (including phenoxy) is 2. The number of rotatable bonds is 5. The van der Waals surface area contributed by atoms with Crippen LogP contribution in [0.25, 0.3) is 0 Å². The maximum atomic E-state index is 11.9. The van der Waals surface area contributed by atoms with E-state index in [2.05, 4.69) is 0 Å². The second kappa shape index (κ2) is 6.80. The number of hydrogen-bond acceptors (Lipinski definition) is 6. The van der Waals surface area contributed by atoms with Crippen molar-refractivity contribution in [3.8, 4) is 5.75 Å². The molecule has 1 aliphatic rings. The molecule has 0 N–H and O–H groups in total. The van der Waals surface area contributed by atoms with Gasteiger partial charge in [-0.3, -0.25) is 19.7 Å². The average molecular weight is 294 g/mol. The number of carbonyl (C=O) groups is 2. The quantitative estimate of drug-likeness (QED) is 0.449. The van der Waals surface area contributed by atoms with E-state index in [1.165, 1.54) is 12.1 Å². The highest BCUT2D eigenvalue weighted by molar-refractivity contribution is 5.82. The highest BCUT2D eigenvalue weighted by Crippen LogP contribution is 2.22. The van der Waals surface area contributed by atoms with E-state index in [4.69, 9.17) is 9.47 Å². The molecule has 0 radical (unpaired) electrons. The van der Waals surface area contributed by atoms with E-state index in [1.807, 2.05) is 0 Å². The first-order valence-corrected chi connectivity index (χ1v) is 6.34. The fourth-order valence-electron chi connectivity index (χ4n) is 1.92. The molecule has 0 aliphatic carbocycles. The zero-order valence-corrected chi connectivity index (χ0v) is 11.2. The third kappa shape index (κ3) is 3.76. The van der Waals surface area contributed by atoms with Gasteiger partial charge < -0.3 is 14.4 Å². The Kier molecular flexibility index (Phi) is 4.83. The number of non-ortho nitro benzene ring substituents is 1. The van der Waals surface area contributed by atoms with E-state index in [9.17, 15) is 19.7 Å². The molecule has 1 amide bonds. The van der Waals surface area contributed by atoms with Crippen LogP contribution in [0.15, 0.2) is 18.2 Å². The molecule has 21 heavy (non-hydrogen) atoms. The minimum absolute atomic E-state index is 0.0407. The molecule has 1 saturated heterocycles. The molecule has 8 heteroatoms. The van der Waals surface area contributed by atoms with Gasteiger partial charge in [0.2, 0.25) is 0 Å². The highest BCUT2D eigenvalue weighted by atomic mass is 16.6. The molecular weight excluding hydrogens is 280 g/mol. The predicted molar refractivity (Wildman–Crippen MR) is 71.4 cm³/mol. The Hall–Kier alpha value is -2.48. The van der Waals surface area contributed by atoms with Gasteiger partial charge in [0.1, 0.15) is 5.75 Å². The fraction of sp³-hybridized carbons (Fsp3) is 0.385. The molecular formula is C13H14N2O6. The topological polar surface area (TPSA) is 99.0 Å². The molecule has 1 aromatic rings. The smallest absolute Gasteiger partial charge is 0.270 e. The molecule has 0 saturated carbocycles. The Morgan fingerprint density at radius 2 is 2.14 bits per heavy atom. The molecule has 112 valence electrons. The van der Waals surface area contributed by atoms with Crippen molar-refractivity contribution in [1.29, 1.82) is 0 Å². The van der Waals surface area contributed by atoms with Gasteiger partial charge in [-0.05, 0) is 6.07 Å². The lowest BCUT2D eigenvalue weighted by Gasteiger charge is -2.26. The number of hydrogen-bond donors (Lipinski definition) is 0. The number of nitrogens with zero attached hydrogens (tertiary/aromatic N) is 2. The second-order valence-corrected chi connectivity index (χ2v) is 4.38. The van der Waals surface area contributed by atoms with Gasteiger partial charge >= 0.3 is 0 Å². The summed E-state index contributed by atoms with van der Waals surface area (Å²) >= 11 is 0. The summed E-state index contributed by atoms with van der Waals surface area (Å²) in [6, 6.07) is 3.65. The van der Waals surface area contributed by atoms with E-state index in [1.54, 1.807) is 4.90 Å². The maximum absolute atomic E-state index is 11.9. The Labute approximate surface area is 120 Å². The zero-order chi connectivity index (χ0) is 15.2. The van der Waals surface area contributed by atoms with E-state index in [0.717, 1.165) is 6.07 Å². The number of carbonyl (C=O) groups excluding carboxylic acids is 2. The average Bonchev–Trinajstić information content (AvgIpc) is 2.53. The van der Waals surface area contributed by atoms with Crippen LogP contribution < -0.4 is 4.74 Å². The van der Waals surface area contributed by atoms with Crippen LogP contribution in [0.4, 0.5) is 5.69 Å². The molecule has 1 heterocycles. The molecule has 1 fully saturated rings. The van der Waals surface area contributed by atoms with Crippen molar-refractivity contribution in [2.45, 2.75) is 0 Å². The van der Waals surface area contributed by atoms with Crippen LogP contribution in [0.2, 0.25) is 0 Å². The molecule has 0 spiro atoms. The summed E-state index contributed by atoms with van der Waals surface area (Å²) in [6.07, 6.45) is 0.460. The number of morpholine rings is 1. The van der Waals surface area contributed by atoms with Gasteiger partial charge in [-0.1, -0.05) is 0 Å². The van der Waals surface area contributed by atoms with Crippen LogP contribution in [0.1, 0.15) is 10.4 Å². The molecule has 0 aromatic heterocycles. The monoisotopic (exact) mass is 294 g/mol. The maximum Gasteiger partial charge on any atom is 0.270 e. The fourth-order valence-corrected chi connectivity index (χ4v) is 1.92. The molecule has 0 unspecified atom stereocenters. The van der Waals surface area contributed by atoms with Gasteiger partial charge in [-0.15, -0.1) is 0 Å². The SMILES string of the molecule is O=Cc1cc([N+](=O)[O-])ccc1OCC(=O)N1CCOCC1. The number of nitro benzene ring substituents is 1. The largest absolute Gasteiger partial charge is 0.483 e. The normalized spacial score (nSPS) is 14.6. The van der Waals surface area contributed by atoms with Gasteiger partial charge in [0.25, 0.3) is 11.6 Å². The molecule has 8 nitrogen and oxygen atoms in total. The standard InChI is InChI=1S/C13H14N2O6/c16-8-10-7-11(15(18)19)1-2-12(10)21-9-13(17)14-3-5-20-6-4-14/h1-2,7-8H,3-6,9H2. The van der Waals surface area contributed by atoms with E-state index >= 15 is 0 Å². The van der Waals surface area contributed by atoms with E-state index in [0.29, 0.717) is 32.6 Å². The lowest BCUT2D eigenvalue weighted by Crippen LogP contribution is -2.43. The van der Waals surface area contributed by atoms with Crippen molar-refractivity contribution in [3.05, 3.63) is 33.9 Å². The minimum Gasteiger partial charge on any atom is -0.483 e. The third-order valence-corrected chi connectivity index (χ3v) is 3.05. The Bertz CT molecular complexity index is 554. The molecule has 2 rings (SSSR count). The van der Waals surface area contributed by atoms with Gasteiger partial charge in [-0.2, -0.15) is 0 Å². The van der Waals surface area contributed by atoms with Crippen molar-refractivity contribution in [2.24, 2.45) is 0 Å². The number of aldehydes is 1. The van der Waals surface area contributed by atoms with Crippen molar-refractivity contribution in [1.82, 2.24) is 4.90 Å². The lowest BCUT2D eigenvalue weighted by molar-refractivity contribution is -0.384. The van der Waals surface area contributed by atoms with Crippen LogP contribution >= 0.6 is 0 Å². The number of amides is 1. The van der Waals surface area contributed by atoms with Crippen molar-refractivity contribution in [2.75, 3.05) is 32.9 Å². The number of benzene rings is 1. The second-order valence-electron chi connectivity index (χ2n) is 4.38. The first-order valence-electron chi connectivity index (χ1n) is 6.34. The summed E-state index contributed by atoms with van der Waals surface area (Å²) in [7, 11) is 0. The highest BCUT2D eigenvalue weighted by Gasteiger charge is 2.18. The predicted octanol–water partition coefficient (Wildman–Crippen LogP) is 0.645. The number of nitro groups is 1. The first kappa shape index (κ1) is 14.9. The summed E-state index contributed by atoms with van der Waals surface area (Å²) in [5, 5.41) is 10.6. The van der Waals surface area contributed by atoms with E-state index in [-0.39, 0.29) is 29.5 Å². The van der Waals surface area contributed by atoms with Crippen molar-refractivity contribution < 1.29 is 24.0 Å². The minimum atomic E-state index is -0.602. The Morgan fingerprint density at radius 1 is 1.43 bits per heavy atom.